The van der Waals surface area contributed by atoms with Gasteiger partial charge in [0.05, 0.1) is 27.8 Å². The number of nitrogens with zero attached hydrogens (tertiary/aromatic N) is 1. The average Bonchev–Trinajstić information content (AvgIpc) is 3.18. The highest BCUT2D eigenvalue weighted by Gasteiger charge is 2.42. The van der Waals surface area contributed by atoms with Crippen LogP contribution in [0.5, 0.6) is 5.75 Å². The Morgan fingerprint density at radius 2 is 1.72 bits per heavy atom. The maximum Gasteiger partial charge on any atom is 0.258 e. The van der Waals surface area contributed by atoms with Crippen molar-refractivity contribution in [1.29, 1.82) is 0 Å². The van der Waals surface area contributed by atoms with Crippen LogP contribution in [0, 0.1) is 5.41 Å². The fourth-order valence-corrected chi connectivity index (χ4v) is 8.65. The lowest BCUT2D eigenvalue weighted by Gasteiger charge is -2.36. The molecule has 0 fully saturated rings. The topological polar surface area (TPSA) is 114 Å². The van der Waals surface area contributed by atoms with Gasteiger partial charge in [-0.3, -0.25) is 9.59 Å². The van der Waals surface area contributed by atoms with E-state index in [1.807, 2.05) is 55.6 Å². The fraction of sp³-hybridized carbons (Fsp3) is 0.444. The number of anilines is 2. The van der Waals surface area contributed by atoms with Gasteiger partial charge in [-0.05, 0) is 49.8 Å². The van der Waals surface area contributed by atoms with E-state index in [9.17, 15) is 18.0 Å². The number of thioether (sulfide) groups is 1. The van der Waals surface area contributed by atoms with Crippen LogP contribution in [0.2, 0.25) is 0 Å². The van der Waals surface area contributed by atoms with Crippen LogP contribution in [-0.2, 0) is 24.2 Å². The molecule has 47 heavy (non-hydrogen) atoms. The molecule has 3 aromatic rings. The molecule has 3 aromatic carbocycles. The Kier molecular flexibility index (Phi) is 13.2. The van der Waals surface area contributed by atoms with Gasteiger partial charge in [0, 0.05) is 36.9 Å². The van der Waals surface area contributed by atoms with Crippen LogP contribution in [-0.4, -0.2) is 65.2 Å². The Morgan fingerprint density at radius 3 is 2.36 bits per heavy atom. The van der Waals surface area contributed by atoms with Crippen molar-refractivity contribution in [3.05, 3.63) is 78.4 Å². The Labute approximate surface area is 283 Å². The SMILES string of the molecule is CCCCC1(CC)CN(c2ccccc2)c2cc(SC)c(OCC(=O)NC(C(=O)NCCOCC)c3ccccc3)cc2S(=O)(=O)C1. The molecule has 2 atom stereocenters. The molecule has 9 nitrogen and oxygen atoms in total. The third-order valence-corrected chi connectivity index (χ3v) is 11.3. The van der Waals surface area contributed by atoms with Gasteiger partial charge < -0.3 is 25.0 Å². The molecule has 2 N–H and O–H groups in total. The van der Waals surface area contributed by atoms with Crippen LogP contribution in [0.4, 0.5) is 11.4 Å². The lowest BCUT2D eigenvalue weighted by Crippen LogP contribution is -2.42. The summed E-state index contributed by atoms with van der Waals surface area (Å²) in [6, 6.07) is 21.3. The number of hydrogen-bond donors (Lipinski definition) is 2. The number of rotatable bonds is 16. The summed E-state index contributed by atoms with van der Waals surface area (Å²) in [5.74, 6) is -0.548. The third kappa shape index (κ3) is 9.30. The van der Waals surface area contributed by atoms with Crippen molar-refractivity contribution in [1.82, 2.24) is 10.6 Å². The summed E-state index contributed by atoms with van der Waals surface area (Å²) < 4.78 is 39.7. The lowest BCUT2D eigenvalue weighted by atomic mass is 9.81. The summed E-state index contributed by atoms with van der Waals surface area (Å²) in [7, 11) is -3.73. The second-order valence-corrected chi connectivity index (χ2v) is 14.6. The third-order valence-electron chi connectivity index (χ3n) is 8.55. The number of carbonyl (C=O) groups is 2. The maximum absolute atomic E-state index is 14.2. The number of amides is 2. The molecule has 11 heteroatoms. The van der Waals surface area contributed by atoms with E-state index in [0.29, 0.717) is 48.2 Å². The largest absolute Gasteiger partial charge is 0.483 e. The highest BCUT2D eigenvalue weighted by molar-refractivity contribution is 7.98. The van der Waals surface area contributed by atoms with Crippen molar-refractivity contribution in [3.63, 3.8) is 0 Å². The van der Waals surface area contributed by atoms with E-state index in [1.54, 1.807) is 30.3 Å². The zero-order valence-electron chi connectivity index (χ0n) is 27.8. The van der Waals surface area contributed by atoms with E-state index < -0.39 is 33.8 Å². The smallest absolute Gasteiger partial charge is 0.258 e. The first-order valence-electron chi connectivity index (χ1n) is 16.3. The van der Waals surface area contributed by atoms with E-state index >= 15 is 0 Å². The van der Waals surface area contributed by atoms with Crippen molar-refractivity contribution in [2.45, 2.75) is 62.3 Å². The summed E-state index contributed by atoms with van der Waals surface area (Å²) in [6.45, 7) is 7.45. The van der Waals surface area contributed by atoms with E-state index in [0.717, 1.165) is 31.4 Å². The lowest BCUT2D eigenvalue weighted by molar-refractivity contribution is -0.130. The summed E-state index contributed by atoms with van der Waals surface area (Å²) in [5, 5.41) is 5.60. The Hall–Kier alpha value is -3.54. The average molecular weight is 682 g/mol. The maximum atomic E-state index is 14.2. The van der Waals surface area contributed by atoms with E-state index in [2.05, 4.69) is 29.4 Å². The van der Waals surface area contributed by atoms with Gasteiger partial charge in [-0.25, -0.2) is 8.42 Å². The number of carbonyl (C=O) groups excluding carboxylic acids is 2. The van der Waals surface area contributed by atoms with Crippen molar-refractivity contribution < 1.29 is 27.5 Å². The molecule has 0 spiro atoms. The molecule has 4 rings (SSSR count). The number of para-hydroxylation sites is 1. The number of fused-ring (bicyclic) bond motifs is 1. The molecule has 0 aliphatic carbocycles. The molecule has 2 unspecified atom stereocenters. The molecule has 1 aliphatic rings. The van der Waals surface area contributed by atoms with Gasteiger partial charge in [-0.2, -0.15) is 0 Å². The zero-order valence-corrected chi connectivity index (χ0v) is 29.4. The minimum Gasteiger partial charge on any atom is -0.483 e. The van der Waals surface area contributed by atoms with Crippen molar-refractivity contribution in [3.8, 4) is 5.75 Å². The van der Waals surface area contributed by atoms with Crippen molar-refractivity contribution in [2.24, 2.45) is 5.41 Å². The number of sulfone groups is 1. The van der Waals surface area contributed by atoms with Crippen molar-refractivity contribution >= 4 is 44.8 Å². The normalized spacial score (nSPS) is 17.7. The van der Waals surface area contributed by atoms with Gasteiger partial charge in [-0.15, -0.1) is 11.8 Å². The standard InChI is InChI=1S/C36H47N3O6S2/c1-5-8-19-36(6-2)25-39(28-17-13-10-14-18-28)29-22-31(46-4)30(23-32(29)47(42,43)26-36)45-24-33(40)38-34(27-15-11-9-12-16-27)35(41)37-20-21-44-7-3/h9-18,22-23,34H,5-8,19-21,24-26H2,1-4H3,(H,37,41)(H,38,40). The van der Waals surface area contributed by atoms with Gasteiger partial charge >= 0.3 is 0 Å². The molecule has 254 valence electrons. The zero-order chi connectivity index (χ0) is 33.9. The predicted octanol–water partition coefficient (Wildman–Crippen LogP) is 6.31. The molecule has 1 heterocycles. The van der Waals surface area contributed by atoms with Crippen LogP contribution >= 0.6 is 11.8 Å². The van der Waals surface area contributed by atoms with Gasteiger partial charge in [0.15, 0.2) is 16.4 Å². The first-order chi connectivity index (χ1) is 22.7. The minimum atomic E-state index is -3.73. The van der Waals surface area contributed by atoms with Gasteiger partial charge in [0.2, 0.25) is 5.91 Å². The minimum absolute atomic E-state index is 0.0303. The first-order valence-corrected chi connectivity index (χ1v) is 19.1. The van der Waals surface area contributed by atoms with E-state index in [1.165, 1.54) is 11.8 Å². The molecule has 0 aromatic heterocycles. The number of unbranched alkanes of at least 4 members (excludes halogenated alkanes) is 1. The van der Waals surface area contributed by atoms with Crippen LogP contribution in [0.3, 0.4) is 0 Å². The number of hydrogen-bond acceptors (Lipinski definition) is 8. The first kappa shape index (κ1) is 36.3. The van der Waals surface area contributed by atoms with Crippen molar-refractivity contribution in [2.75, 3.05) is 49.8 Å². The van der Waals surface area contributed by atoms with Gasteiger partial charge in [0.25, 0.3) is 5.91 Å². The van der Waals surface area contributed by atoms with E-state index in [4.69, 9.17) is 9.47 Å². The molecule has 1 aliphatic heterocycles. The summed E-state index contributed by atoms with van der Waals surface area (Å²) >= 11 is 1.42. The molecular formula is C36H47N3O6S2. The molecule has 0 saturated heterocycles. The Balaban J connectivity index is 1.63. The number of nitrogens with one attached hydrogen (secondary N) is 2. The predicted molar refractivity (Wildman–Crippen MR) is 188 cm³/mol. The Bertz CT molecular complexity index is 1590. The van der Waals surface area contributed by atoms with Gasteiger partial charge in [-0.1, -0.05) is 75.2 Å². The van der Waals surface area contributed by atoms with E-state index in [-0.39, 0.29) is 16.6 Å². The number of benzene rings is 3. The monoisotopic (exact) mass is 681 g/mol. The summed E-state index contributed by atoms with van der Waals surface area (Å²) in [5.41, 5.74) is 1.72. The molecule has 0 saturated carbocycles. The fourth-order valence-electron chi connectivity index (χ4n) is 5.93. The van der Waals surface area contributed by atoms with Crippen LogP contribution in [0.15, 0.2) is 82.6 Å². The highest BCUT2D eigenvalue weighted by Crippen LogP contribution is 2.47. The van der Waals surface area contributed by atoms with Gasteiger partial charge in [0.1, 0.15) is 11.8 Å². The molecule has 2 amide bonds. The van der Waals surface area contributed by atoms with Crippen LogP contribution < -0.4 is 20.3 Å². The molecular weight excluding hydrogens is 635 g/mol. The quantitative estimate of drug-likeness (QED) is 0.134. The van der Waals surface area contributed by atoms with Crippen LogP contribution in [0.25, 0.3) is 0 Å². The molecule has 0 radical (unpaired) electrons. The van der Waals surface area contributed by atoms with Crippen LogP contribution in [0.1, 0.15) is 58.1 Å². The summed E-state index contributed by atoms with van der Waals surface area (Å²) in [4.78, 5) is 29.3. The molecule has 0 bridgehead atoms. The summed E-state index contributed by atoms with van der Waals surface area (Å²) in [6.07, 6.45) is 5.34. The Morgan fingerprint density at radius 1 is 1.02 bits per heavy atom. The second kappa shape index (κ2) is 17.0. The number of ether oxygens (including phenoxy) is 2. The highest BCUT2D eigenvalue weighted by atomic mass is 32.2. The second-order valence-electron chi connectivity index (χ2n) is 11.8.